The van der Waals surface area contributed by atoms with Crippen LogP contribution in [-0.2, 0) is 17.9 Å². The van der Waals surface area contributed by atoms with Crippen LogP contribution < -0.4 is 5.32 Å². The average Bonchev–Trinajstić information content (AvgIpc) is 2.62. The van der Waals surface area contributed by atoms with Crippen LogP contribution in [0.3, 0.4) is 0 Å². The van der Waals surface area contributed by atoms with Gasteiger partial charge in [-0.05, 0) is 12.5 Å². The van der Waals surface area contributed by atoms with Crippen LogP contribution in [0.15, 0.2) is 5.38 Å². The van der Waals surface area contributed by atoms with Gasteiger partial charge in [0.15, 0.2) is 0 Å². The van der Waals surface area contributed by atoms with Crippen LogP contribution in [0.2, 0.25) is 0 Å². The fraction of sp³-hybridized carbons (Fsp3) is 0.727. The van der Waals surface area contributed by atoms with Gasteiger partial charge < -0.3 is 10.1 Å². The number of nitrogens with zero attached hydrogens (tertiary/aromatic N) is 1. The molecule has 4 heteroatoms. The van der Waals surface area contributed by atoms with E-state index in [1.807, 2.05) is 0 Å². The summed E-state index contributed by atoms with van der Waals surface area (Å²) < 4.78 is 5.52. The molecule has 0 radical (unpaired) electrons. The largest absolute Gasteiger partial charge is 0.375 e. The lowest BCUT2D eigenvalue weighted by Gasteiger charge is -2.04. The summed E-state index contributed by atoms with van der Waals surface area (Å²) >= 11 is 1.69. The van der Waals surface area contributed by atoms with Crippen LogP contribution in [0.4, 0.5) is 0 Å². The predicted molar refractivity (Wildman–Crippen MR) is 64.0 cm³/mol. The van der Waals surface area contributed by atoms with Gasteiger partial charge in [-0.15, -0.1) is 11.3 Å². The zero-order valence-electron chi connectivity index (χ0n) is 9.75. The average molecular weight is 228 g/mol. The highest BCUT2D eigenvalue weighted by Gasteiger charge is 2.02. The molecule has 0 aliphatic heterocycles. The molecule has 15 heavy (non-hydrogen) atoms. The van der Waals surface area contributed by atoms with E-state index in [9.17, 15) is 0 Å². The molecule has 0 aliphatic carbocycles. The molecule has 0 spiro atoms. The van der Waals surface area contributed by atoms with Crippen molar-refractivity contribution in [1.82, 2.24) is 10.3 Å². The Bertz CT molecular complexity index is 273. The Labute approximate surface area is 95.9 Å². The third kappa shape index (κ3) is 5.25. The van der Waals surface area contributed by atoms with Gasteiger partial charge in [-0.1, -0.05) is 20.8 Å². The number of thiazole rings is 1. The van der Waals surface area contributed by atoms with Crippen molar-refractivity contribution >= 4 is 11.3 Å². The van der Waals surface area contributed by atoms with Crippen molar-refractivity contribution in [3.8, 4) is 0 Å². The predicted octanol–water partition coefficient (Wildman–Crippen LogP) is 2.43. The number of ether oxygens (including phenoxy) is 1. The molecule has 0 amide bonds. The number of aromatic nitrogens is 1. The van der Waals surface area contributed by atoms with E-state index >= 15 is 0 Å². The van der Waals surface area contributed by atoms with E-state index in [1.165, 1.54) is 0 Å². The molecule has 0 fully saturated rings. The molecular weight excluding hydrogens is 208 g/mol. The standard InChI is InChI=1S/C11H20N2OS/c1-4-12-5-11-13-10(8-15-11)7-14-6-9(2)3/h8-9,12H,4-7H2,1-3H3. The van der Waals surface area contributed by atoms with Crippen molar-refractivity contribution in [3.05, 3.63) is 16.1 Å². The zero-order valence-corrected chi connectivity index (χ0v) is 10.6. The van der Waals surface area contributed by atoms with Crippen molar-refractivity contribution in [2.45, 2.75) is 33.9 Å². The molecule has 86 valence electrons. The van der Waals surface area contributed by atoms with E-state index in [1.54, 1.807) is 11.3 Å². The summed E-state index contributed by atoms with van der Waals surface area (Å²) in [5.74, 6) is 0.588. The molecule has 1 N–H and O–H groups in total. The third-order valence-electron chi connectivity index (χ3n) is 1.83. The van der Waals surface area contributed by atoms with Crippen LogP contribution in [0.5, 0.6) is 0 Å². The van der Waals surface area contributed by atoms with Crippen LogP contribution in [-0.4, -0.2) is 18.1 Å². The van der Waals surface area contributed by atoms with Gasteiger partial charge >= 0.3 is 0 Å². The van der Waals surface area contributed by atoms with Crippen molar-refractivity contribution < 1.29 is 4.74 Å². The van der Waals surface area contributed by atoms with Crippen LogP contribution in [0, 0.1) is 5.92 Å². The molecule has 0 bridgehead atoms. The monoisotopic (exact) mass is 228 g/mol. The van der Waals surface area contributed by atoms with Gasteiger partial charge in [0.05, 0.1) is 12.3 Å². The minimum Gasteiger partial charge on any atom is -0.375 e. The first-order valence-electron chi connectivity index (χ1n) is 5.44. The van der Waals surface area contributed by atoms with E-state index in [0.29, 0.717) is 12.5 Å². The Hall–Kier alpha value is -0.450. The fourth-order valence-electron chi connectivity index (χ4n) is 1.13. The number of hydrogen-bond acceptors (Lipinski definition) is 4. The highest BCUT2D eigenvalue weighted by molar-refractivity contribution is 7.09. The lowest BCUT2D eigenvalue weighted by Crippen LogP contribution is -2.11. The third-order valence-corrected chi connectivity index (χ3v) is 2.72. The van der Waals surface area contributed by atoms with Gasteiger partial charge in [-0.25, -0.2) is 4.98 Å². The molecule has 0 aromatic carbocycles. The van der Waals surface area contributed by atoms with E-state index in [2.05, 4.69) is 36.5 Å². The van der Waals surface area contributed by atoms with Crippen molar-refractivity contribution in [3.63, 3.8) is 0 Å². The first-order chi connectivity index (χ1) is 7.22. The van der Waals surface area contributed by atoms with E-state index in [0.717, 1.165) is 30.4 Å². The maximum absolute atomic E-state index is 5.52. The summed E-state index contributed by atoms with van der Waals surface area (Å²) in [6.07, 6.45) is 0. The van der Waals surface area contributed by atoms with Crippen molar-refractivity contribution in [2.24, 2.45) is 5.92 Å². The van der Waals surface area contributed by atoms with Crippen LogP contribution in [0.25, 0.3) is 0 Å². The van der Waals surface area contributed by atoms with E-state index < -0.39 is 0 Å². The van der Waals surface area contributed by atoms with Gasteiger partial charge in [-0.3, -0.25) is 0 Å². The van der Waals surface area contributed by atoms with Gasteiger partial charge in [0.2, 0.25) is 0 Å². The number of rotatable bonds is 7. The summed E-state index contributed by atoms with van der Waals surface area (Å²) in [4.78, 5) is 4.48. The zero-order chi connectivity index (χ0) is 11.1. The smallest absolute Gasteiger partial charge is 0.107 e. The Kier molecular flexibility index (Phi) is 5.83. The van der Waals surface area contributed by atoms with Crippen molar-refractivity contribution in [1.29, 1.82) is 0 Å². The molecular formula is C11H20N2OS. The molecule has 1 aromatic rings. The maximum atomic E-state index is 5.52. The molecule has 1 aromatic heterocycles. The second-order valence-electron chi connectivity index (χ2n) is 3.92. The van der Waals surface area contributed by atoms with Crippen LogP contribution >= 0.6 is 11.3 Å². The first-order valence-corrected chi connectivity index (χ1v) is 6.32. The van der Waals surface area contributed by atoms with Gasteiger partial charge in [0, 0.05) is 18.5 Å². The van der Waals surface area contributed by atoms with Crippen LogP contribution in [0.1, 0.15) is 31.5 Å². The summed E-state index contributed by atoms with van der Waals surface area (Å²) in [6.45, 7) is 9.69. The van der Waals surface area contributed by atoms with E-state index in [4.69, 9.17) is 4.74 Å². The van der Waals surface area contributed by atoms with Gasteiger partial charge in [0.25, 0.3) is 0 Å². The summed E-state index contributed by atoms with van der Waals surface area (Å²) in [5.41, 5.74) is 1.05. The quantitative estimate of drug-likeness (QED) is 0.778. The van der Waals surface area contributed by atoms with E-state index in [-0.39, 0.29) is 0 Å². The minimum absolute atomic E-state index is 0.588. The Morgan fingerprint density at radius 3 is 3.00 bits per heavy atom. The lowest BCUT2D eigenvalue weighted by molar-refractivity contribution is 0.0950. The van der Waals surface area contributed by atoms with Crippen molar-refractivity contribution in [2.75, 3.05) is 13.2 Å². The minimum atomic E-state index is 0.588. The fourth-order valence-corrected chi connectivity index (χ4v) is 1.88. The highest BCUT2D eigenvalue weighted by atomic mass is 32.1. The number of hydrogen-bond donors (Lipinski definition) is 1. The SMILES string of the molecule is CCNCc1nc(COCC(C)C)cs1. The summed E-state index contributed by atoms with van der Waals surface area (Å²) in [6, 6.07) is 0. The summed E-state index contributed by atoms with van der Waals surface area (Å²) in [7, 11) is 0. The topological polar surface area (TPSA) is 34.2 Å². The summed E-state index contributed by atoms with van der Waals surface area (Å²) in [5, 5.41) is 6.47. The molecule has 0 saturated carbocycles. The lowest BCUT2D eigenvalue weighted by atomic mass is 10.2. The Morgan fingerprint density at radius 1 is 1.53 bits per heavy atom. The molecule has 0 atom stereocenters. The highest BCUT2D eigenvalue weighted by Crippen LogP contribution is 2.10. The molecule has 0 aliphatic rings. The Morgan fingerprint density at radius 2 is 2.33 bits per heavy atom. The maximum Gasteiger partial charge on any atom is 0.107 e. The molecule has 1 heterocycles. The number of nitrogens with one attached hydrogen (secondary N) is 1. The molecule has 1 rings (SSSR count). The Balaban J connectivity index is 2.26. The molecule has 3 nitrogen and oxygen atoms in total. The second kappa shape index (κ2) is 6.93. The normalized spacial score (nSPS) is 11.2. The first kappa shape index (κ1) is 12.6. The van der Waals surface area contributed by atoms with Gasteiger partial charge in [0.1, 0.15) is 5.01 Å². The van der Waals surface area contributed by atoms with Gasteiger partial charge in [-0.2, -0.15) is 0 Å². The second-order valence-corrected chi connectivity index (χ2v) is 4.86. The molecule has 0 saturated heterocycles. The molecule has 0 unspecified atom stereocenters.